The Labute approximate surface area is 171 Å². The molecule has 0 aliphatic carbocycles. The zero-order valence-electron chi connectivity index (χ0n) is 14.6. The molecular formula is C20H15ClN4O2S. The first-order chi connectivity index (χ1) is 13.7. The molecule has 0 saturated heterocycles. The van der Waals surface area contributed by atoms with Gasteiger partial charge >= 0.3 is 0 Å². The molecular weight excluding hydrogens is 396 g/mol. The molecule has 140 valence electrons. The highest BCUT2D eigenvalue weighted by molar-refractivity contribution is 7.71. The summed E-state index contributed by atoms with van der Waals surface area (Å²) in [6, 6.07) is 18.7. The number of halogens is 1. The van der Waals surface area contributed by atoms with Crippen LogP contribution in [0.25, 0.3) is 11.6 Å². The maximum Gasteiger partial charge on any atom is 0.219 e. The van der Waals surface area contributed by atoms with Gasteiger partial charge in [-0.15, -0.1) is 5.10 Å². The number of furan rings is 1. The molecule has 0 saturated carbocycles. The summed E-state index contributed by atoms with van der Waals surface area (Å²) >= 11 is 11.1. The first-order valence-electron chi connectivity index (χ1n) is 8.42. The Morgan fingerprint density at radius 3 is 2.64 bits per heavy atom. The number of hydrogen-bond acceptors (Lipinski definition) is 5. The van der Waals surface area contributed by atoms with Crippen molar-refractivity contribution in [3.63, 3.8) is 0 Å². The van der Waals surface area contributed by atoms with E-state index >= 15 is 0 Å². The summed E-state index contributed by atoms with van der Waals surface area (Å²) in [6.07, 6.45) is 3.27. The summed E-state index contributed by atoms with van der Waals surface area (Å²) in [5, 5.41) is 12.0. The van der Waals surface area contributed by atoms with Crippen LogP contribution in [0, 0.1) is 4.77 Å². The Kier molecular flexibility index (Phi) is 5.36. The van der Waals surface area contributed by atoms with E-state index in [1.807, 2.05) is 48.5 Å². The Balaban J connectivity index is 1.44. The van der Waals surface area contributed by atoms with E-state index < -0.39 is 0 Å². The van der Waals surface area contributed by atoms with Gasteiger partial charge < -0.3 is 9.15 Å². The van der Waals surface area contributed by atoms with Crippen LogP contribution in [-0.4, -0.2) is 21.1 Å². The normalized spacial score (nSPS) is 11.2. The van der Waals surface area contributed by atoms with Gasteiger partial charge in [0, 0.05) is 5.02 Å². The Morgan fingerprint density at radius 2 is 1.93 bits per heavy atom. The van der Waals surface area contributed by atoms with Crippen molar-refractivity contribution >= 4 is 30.0 Å². The van der Waals surface area contributed by atoms with Gasteiger partial charge in [0.25, 0.3) is 0 Å². The molecule has 0 aliphatic rings. The SMILES string of the molecule is S=c1[nH]nc(-c2ccco2)n1/N=C\c1ccc(OCc2ccc(Cl)cc2)cc1. The molecule has 8 heteroatoms. The first-order valence-corrected chi connectivity index (χ1v) is 9.20. The van der Waals surface area contributed by atoms with Gasteiger partial charge in [-0.3, -0.25) is 0 Å². The fourth-order valence-electron chi connectivity index (χ4n) is 2.49. The molecule has 4 rings (SSSR count). The quantitative estimate of drug-likeness (QED) is 0.345. The zero-order chi connectivity index (χ0) is 19.3. The van der Waals surface area contributed by atoms with Crippen molar-refractivity contribution in [1.82, 2.24) is 14.9 Å². The number of ether oxygens (including phenoxy) is 1. The molecule has 2 aromatic heterocycles. The van der Waals surface area contributed by atoms with Crippen molar-refractivity contribution in [2.24, 2.45) is 5.10 Å². The number of aromatic nitrogens is 3. The summed E-state index contributed by atoms with van der Waals surface area (Å²) in [5.74, 6) is 1.85. The van der Waals surface area contributed by atoms with Gasteiger partial charge in [0.2, 0.25) is 10.6 Å². The minimum atomic E-state index is 0.380. The van der Waals surface area contributed by atoms with Gasteiger partial charge in [-0.2, -0.15) is 9.78 Å². The minimum absolute atomic E-state index is 0.380. The molecule has 6 nitrogen and oxygen atoms in total. The van der Waals surface area contributed by atoms with E-state index in [0.29, 0.717) is 28.0 Å². The average Bonchev–Trinajstić information content (AvgIpc) is 3.36. The van der Waals surface area contributed by atoms with Crippen molar-refractivity contribution in [3.05, 3.63) is 87.8 Å². The molecule has 0 spiro atoms. The molecule has 1 N–H and O–H groups in total. The molecule has 2 heterocycles. The Morgan fingerprint density at radius 1 is 1.14 bits per heavy atom. The third kappa shape index (κ3) is 4.21. The van der Waals surface area contributed by atoms with Crippen molar-refractivity contribution in [2.75, 3.05) is 0 Å². The lowest BCUT2D eigenvalue weighted by molar-refractivity contribution is 0.306. The number of benzene rings is 2. The third-order valence-corrected chi connectivity index (χ3v) is 4.43. The van der Waals surface area contributed by atoms with Gasteiger partial charge in [0.05, 0.1) is 12.5 Å². The monoisotopic (exact) mass is 410 g/mol. The van der Waals surface area contributed by atoms with Crippen LogP contribution >= 0.6 is 23.8 Å². The van der Waals surface area contributed by atoms with Crippen LogP contribution < -0.4 is 4.74 Å². The lowest BCUT2D eigenvalue weighted by Crippen LogP contribution is -1.96. The minimum Gasteiger partial charge on any atom is -0.489 e. The van der Waals surface area contributed by atoms with E-state index in [9.17, 15) is 0 Å². The van der Waals surface area contributed by atoms with E-state index in [-0.39, 0.29) is 0 Å². The summed E-state index contributed by atoms with van der Waals surface area (Å²) < 4.78 is 13.0. The highest BCUT2D eigenvalue weighted by Gasteiger charge is 2.10. The number of hydrogen-bond donors (Lipinski definition) is 1. The zero-order valence-corrected chi connectivity index (χ0v) is 16.2. The molecule has 4 aromatic rings. The van der Waals surface area contributed by atoms with Crippen LogP contribution in [-0.2, 0) is 6.61 Å². The van der Waals surface area contributed by atoms with Crippen LogP contribution in [0.5, 0.6) is 5.75 Å². The van der Waals surface area contributed by atoms with Crippen LogP contribution in [0.15, 0.2) is 76.4 Å². The van der Waals surface area contributed by atoms with Gasteiger partial charge in [-0.05, 0) is 71.9 Å². The smallest absolute Gasteiger partial charge is 0.219 e. The molecule has 0 fully saturated rings. The number of H-pyrrole nitrogens is 1. The predicted octanol–water partition coefficient (Wildman–Crippen LogP) is 5.32. The first kappa shape index (κ1) is 18.2. The summed E-state index contributed by atoms with van der Waals surface area (Å²) in [6.45, 7) is 0.474. The van der Waals surface area contributed by atoms with Crippen LogP contribution in [0.4, 0.5) is 0 Å². The Bertz CT molecular complexity index is 1130. The van der Waals surface area contributed by atoms with Crippen molar-refractivity contribution < 1.29 is 9.15 Å². The van der Waals surface area contributed by atoms with E-state index in [4.69, 9.17) is 33.0 Å². The second kappa shape index (κ2) is 8.24. The van der Waals surface area contributed by atoms with Crippen LogP contribution in [0.3, 0.4) is 0 Å². The van der Waals surface area contributed by atoms with Gasteiger partial charge in [-0.1, -0.05) is 23.7 Å². The maximum atomic E-state index is 5.89. The Hall–Kier alpha value is -3.16. The molecule has 0 unspecified atom stereocenters. The number of rotatable bonds is 6. The summed E-state index contributed by atoms with van der Waals surface area (Å²) in [5.41, 5.74) is 1.95. The molecule has 2 aromatic carbocycles. The van der Waals surface area contributed by atoms with Crippen molar-refractivity contribution in [3.8, 4) is 17.3 Å². The molecule has 0 radical (unpaired) electrons. The average molecular weight is 411 g/mol. The molecule has 0 amide bonds. The van der Waals surface area contributed by atoms with Crippen molar-refractivity contribution in [2.45, 2.75) is 6.61 Å². The molecule has 0 atom stereocenters. The highest BCUT2D eigenvalue weighted by atomic mass is 35.5. The van der Waals surface area contributed by atoms with Gasteiger partial charge in [-0.25, -0.2) is 5.10 Å². The summed E-state index contributed by atoms with van der Waals surface area (Å²) in [7, 11) is 0. The standard InChI is InChI=1S/C20H15ClN4O2S/c21-16-7-3-15(4-8-16)13-27-17-9-5-14(6-10-17)12-22-25-19(23-24-20(25)28)18-2-1-11-26-18/h1-12H,13H2,(H,24,28)/b22-12-. The molecule has 0 aliphatic heterocycles. The van der Waals surface area contributed by atoms with E-state index in [1.54, 1.807) is 24.6 Å². The van der Waals surface area contributed by atoms with E-state index in [0.717, 1.165) is 16.9 Å². The maximum absolute atomic E-state index is 5.89. The summed E-state index contributed by atoms with van der Waals surface area (Å²) in [4.78, 5) is 0. The highest BCUT2D eigenvalue weighted by Crippen LogP contribution is 2.18. The fourth-order valence-corrected chi connectivity index (χ4v) is 2.79. The number of nitrogens with zero attached hydrogens (tertiary/aromatic N) is 3. The van der Waals surface area contributed by atoms with Crippen LogP contribution in [0.1, 0.15) is 11.1 Å². The molecule has 28 heavy (non-hydrogen) atoms. The third-order valence-electron chi connectivity index (χ3n) is 3.91. The van der Waals surface area contributed by atoms with E-state index in [1.165, 1.54) is 4.68 Å². The second-order valence-corrected chi connectivity index (χ2v) is 6.69. The lowest BCUT2D eigenvalue weighted by atomic mass is 10.2. The van der Waals surface area contributed by atoms with Crippen LogP contribution in [0.2, 0.25) is 5.02 Å². The largest absolute Gasteiger partial charge is 0.489 e. The number of aromatic amines is 1. The van der Waals surface area contributed by atoms with Gasteiger partial charge in [0.15, 0.2) is 5.76 Å². The lowest BCUT2D eigenvalue weighted by Gasteiger charge is -2.06. The molecule has 0 bridgehead atoms. The van der Waals surface area contributed by atoms with E-state index in [2.05, 4.69) is 15.3 Å². The topological polar surface area (TPSA) is 68.3 Å². The number of nitrogens with one attached hydrogen (secondary N) is 1. The predicted molar refractivity (Wildman–Crippen MR) is 110 cm³/mol. The second-order valence-electron chi connectivity index (χ2n) is 5.87. The fraction of sp³-hybridized carbons (Fsp3) is 0.0500. The van der Waals surface area contributed by atoms with Crippen molar-refractivity contribution in [1.29, 1.82) is 0 Å². The van der Waals surface area contributed by atoms with Gasteiger partial charge in [0.1, 0.15) is 12.4 Å².